The van der Waals surface area contributed by atoms with E-state index in [0.29, 0.717) is 30.7 Å². The SMILES string of the molecule is Nc1cn(-c2cc(F)c(F)cc2F)nc1C1CCOC1. The Morgan fingerprint density at radius 3 is 2.65 bits per heavy atom. The van der Waals surface area contributed by atoms with Crippen molar-refractivity contribution < 1.29 is 17.9 Å². The summed E-state index contributed by atoms with van der Waals surface area (Å²) in [4.78, 5) is 0. The Bertz CT molecular complexity index is 651. The monoisotopic (exact) mass is 283 g/mol. The third-order valence-electron chi connectivity index (χ3n) is 3.33. The number of halogens is 3. The Morgan fingerprint density at radius 1 is 1.20 bits per heavy atom. The van der Waals surface area contributed by atoms with Crippen molar-refractivity contribution in [1.29, 1.82) is 0 Å². The molecule has 20 heavy (non-hydrogen) atoms. The summed E-state index contributed by atoms with van der Waals surface area (Å²) in [5, 5.41) is 4.18. The summed E-state index contributed by atoms with van der Waals surface area (Å²) in [6.07, 6.45) is 2.17. The number of benzene rings is 1. The van der Waals surface area contributed by atoms with Crippen LogP contribution in [0.15, 0.2) is 18.3 Å². The fourth-order valence-electron chi connectivity index (χ4n) is 2.28. The first-order valence-electron chi connectivity index (χ1n) is 6.14. The van der Waals surface area contributed by atoms with E-state index >= 15 is 0 Å². The molecule has 1 aliphatic rings. The van der Waals surface area contributed by atoms with E-state index in [1.807, 2.05) is 0 Å². The van der Waals surface area contributed by atoms with Crippen LogP contribution in [-0.4, -0.2) is 23.0 Å². The summed E-state index contributed by atoms with van der Waals surface area (Å²) < 4.78 is 46.2. The van der Waals surface area contributed by atoms with E-state index in [4.69, 9.17) is 10.5 Å². The van der Waals surface area contributed by atoms with Gasteiger partial charge in [-0.1, -0.05) is 0 Å². The Morgan fingerprint density at radius 2 is 1.95 bits per heavy atom. The Hall–Kier alpha value is -2.02. The molecule has 1 fully saturated rings. The van der Waals surface area contributed by atoms with Crippen LogP contribution in [0.25, 0.3) is 5.69 Å². The van der Waals surface area contributed by atoms with Crippen molar-refractivity contribution in [2.75, 3.05) is 18.9 Å². The average molecular weight is 283 g/mol. The highest BCUT2D eigenvalue weighted by atomic mass is 19.2. The van der Waals surface area contributed by atoms with Crippen molar-refractivity contribution in [3.05, 3.63) is 41.5 Å². The maximum absolute atomic E-state index is 13.7. The zero-order valence-corrected chi connectivity index (χ0v) is 10.4. The van der Waals surface area contributed by atoms with Gasteiger partial charge in [0.2, 0.25) is 0 Å². The topological polar surface area (TPSA) is 53.1 Å². The zero-order valence-electron chi connectivity index (χ0n) is 10.4. The minimum absolute atomic E-state index is 0.0459. The van der Waals surface area contributed by atoms with Gasteiger partial charge in [0, 0.05) is 24.7 Å². The van der Waals surface area contributed by atoms with Crippen molar-refractivity contribution >= 4 is 5.69 Å². The van der Waals surface area contributed by atoms with Crippen molar-refractivity contribution in [2.45, 2.75) is 12.3 Å². The van der Waals surface area contributed by atoms with Gasteiger partial charge in [0.05, 0.1) is 24.2 Å². The molecule has 1 aromatic heterocycles. The first kappa shape index (κ1) is 13.0. The van der Waals surface area contributed by atoms with Gasteiger partial charge in [-0.25, -0.2) is 17.9 Å². The fraction of sp³-hybridized carbons (Fsp3) is 0.308. The number of rotatable bonds is 2. The Kier molecular flexibility index (Phi) is 3.13. The number of aromatic nitrogens is 2. The molecule has 1 unspecified atom stereocenters. The van der Waals surface area contributed by atoms with Crippen LogP contribution < -0.4 is 5.73 Å². The van der Waals surface area contributed by atoms with Gasteiger partial charge in [0.25, 0.3) is 0 Å². The van der Waals surface area contributed by atoms with Crippen molar-refractivity contribution in [1.82, 2.24) is 9.78 Å². The molecular formula is C13H12F3N3O. The largest absolute Gasteiger partial charge is 0.396 e. The molecule has 0 aliphatic carbocycles. The minimum atomic E-state index is -1.24. The second-order valence-corrected chi connectivity index (χ2v) is 4.69. The van der Waals surface area contributed by atoms with Gasteiger partial charge in [-0.3, -0.25) is 0 Å². The van der Waals surface area contributed by atoms with E-state index in [1.165, 1.54) is 6.20 Å². The zero-order chi connectivity index (χ0) is 14.3. The molecule has 0 radical (unpaired) electrons. The lowest BCUT2D eigenvalue weighted by Crippen LogP contribution is -2.04. The van der Waals surface area contributed by atoms with E-state index in [-0.39, 0.29) is 11.6 Å². The Balaban J connectivity index is 2.03. The molecule has 2 aromatic rings. The van der Waals surface area contributed by atoms with Gasteiger partial charge in [-0.05, 0) is 6.42 Å². The molecule has 1 aromatic carbocycles. The molecule has 1 aliphatic heterocycles. The molecule has 2 N–H and O–H groups in total. The smallest absolute Gasteiger partial charge is 0.161 e. The summed E-state index contributed by atoms with van der Waals surface area (Å²) in [6.45, 7) is 1.12. The van der Waals surface area contributed by atoms with Gasteiger partial charge >= 0.3 is 0 Å². The van der Waals surface area contributed by atoms with Gasteiger partial charge in [-0.15, -0.1) is 0 Å². The van der Waals surface area contributed by atoms with E-state index in [0.717, 1.165) is 17.2 Å². The molecule has 0 saturated carbocycles. The standard InChI is InChI=1S/C13H12F3N3O/c14-8-3-10(16)12(4-9(8)15)19-5-11(17)13(18-19)7-1-2-20-6-7/h3-5,7H,1-2,6,17H2. The van der Waals surface area contributed by atoms with Crippen molar-refractivity contribution in [3.8, 4) is 5.69 Å². The number of anilines is 1. The molecule has 0 bridgehead atoms. The van der Waals surface area contributed by atoms with Crippen LogP contribution in [0.3, 0.4) is 0 Å². The number of nitrogen functional groups attached to an aromatic ring is 1. The molecule has 1 atom stereocenters. The van der Waals surface area contributed by atoms with Crippen molar-refractivity contribution in [3.63, 3.8) is 0 Å². The summed E-state index contributed by atoms with van der Waals surface area (Å²) in [5.74, 6) is -3.23. The normalized spacial score (nSPS) is 18.6. The highest BCUT2D eigenvalue weighted by Crippen LogP contribution is 2.29. The predicted octanol–water partition coefficient (Wildman–Crippen LogP) is 2.38. The number of nitrogens with two attached hydrogens (primary N) is 1. The number of hydrogen-bond donors (Lipinski definition) is 1. The van der Waals surface area contributed by atoms with Crippen LogP contribution in [0.5, 0.6) is 0 Å². The molecular weight excluding hydrogens is 271 g/mol. The molecule has 0 spiro atoms. The van der Waals surface area contributed by atoms with Crippen LogP contribution in [0.1, 0.15) is 18.0 Å². The van der Waals surface area contributed by atoms with Crippen LogP contribution >= 0.6 is 0 Å². The third kappa shape index (κ3) is 2.14. The van der Waals surface area contributed by atoms with Gasteiger partial charge < -0.3 is 10.5 Å². The van der Waals surface area contributed by atoms with Crippen LogP contribution in [0.2, 0.25) is 0 Å². The van der Waals surface area contributed by atoms with Crippen LogP contribution in [-0.2, 0) is 4.74 Å². The molecule has 7 heteroatoms. The quantitative estimate of drug-likeness (QED) is 0.861. The molecule has 3 rings (SSSR count). The maximum Gasteiger partial charge on any atom is 0.161 e. The van der Waals surface area contributed by atoms with Gasteiger partial charge in [0.1, 0.15) is 5.69 Å². The van der Waals surface area contributed by atoms with Crippen molar-refractivity contribution in [2.24, 2.45) is 0 Å². The number of hydrogen-bond acceptors (Lipinski definition) is 3. The summed E-state index contributed by atoms with van der Waals surface area (Å²) in [6, 6.07) is 1.24. The molecule has 106 valence electrons. The van der Waals surface area contributed by atoms with Gasteiger partial charge in [-0.2, -0.15) is 5.10 Å². The maximum atomic E-state index is 13.7. The highest BCUT2D eigenvalue weighted by molar-refractivity contribution is 5.47. The van der Waals surface area contributed by atoms with E-state index in [2.05, 4.69) is 5.10 Å². The lowest BCUT2D eigenvalue weighted by Gasteiger charge is -2.05. The number of ether oxygens (including phenoxy) is 1. The lowest BCUT2D eigenvalue weighted by molar-refractivity contribution is 0.193. The van der Waals surface area contributed by atoms with Crippen LogP contribution in [0, 0.1) is 17.5 Å². The first-order valence-corrected chi connectivity index (χ1v) is 6.14. The van der Waals surface area contributed by atoms with E-state index < -0.39 is 17.5 Å². The molecule has 1 saturated heterocycles. The molecule has 2 heterocycles. The highest BCUT2D eigenvalue weighted by Gasteiger charge is 2.24. The molecule has 0 amide bonds. The summed E-state index contributed by atoms with van der Waals surface area (Å²) >= 11 is 0. The predicted molar refractivity (Wildman–Crippen MR) is 66.0 cm³/mol. The fourth-order valence-corrected chi connectivity index (χ4v) is 2.28. The minimum Gasteiger partial charge on any atom is -0.396 e. The third-order valence-corrected chi connectivity index (χ3v) is 3.33. The first-order chi connectivity index (χ1) is 9.56. The Labute approximate surface area is 112 Å². The number of nitrogens with zero attached hydrogens (tertiary/aromatic N) is 2. The van der Waals surface area contributed by atoms with E-state index in [1.54, 1.807) is 0 Å². The second-order valence-electron chi connectivity index (χ2n) is 4.69. The summed E-state index contributed by atoms with van der Waals surface area (Å²) in [5.41, 5.74) is 6.64. The second kappa shape index (κ2) is 4.82. The average Bonchev–Trinajstić information content (AvgIpc) is 3.02. The van der Waals surface area contributed by atoms with E-state index in [9.17, 15) is 13.2 Å². The lowest BCUT2D eigenvalue weighted by atomic mass is 10.0. The van der Waals surface area contributed by atoms with Gasteiger partial charge in [0.15, 0.2) is 17.5 Å². The van der Waals surface area contributed by atoms with Crippen LogP contribution in [0.4, 0.5) is 18.9 Å². The summed E-state index contributed by atoms with van der Waals surface area (Å²) in [7, 11) is 0. The molecule has 4 nitrogen and oxygen atoms in total.